The van der Waals surface area contributed by atoms with Gasteiger partial charge in [0.1, 0.15) is 0 Å². The van der Waals surface area contributed by atoms with Crippen LogP contribution in [0.15, 0.2) is 84.9 Å². The van der Waals surface area contributed by atoms with Crippen LogP contribution in [-0.2, 0) is 48.7 Å². The zero-order valence-corrected chi connectivity index (χ0v) is 51.9. The summed E-state index contributed by atoms with van der Waals surface area (Å²) in [4.78, 5) is 5.70. The second-order valence-electron chi connectivity index (χ2n) is 32.1. The Labute approximate surface area is 473 Å². The predicted molar refractivity (Wildman–Crippen MR) is 339 cm³/mol. The number of hydrogen-bond acceptors (Lipinski definition) is 3. The smallest absolute Gasteiger partial charge is 0.264 e. The summed E-state index contributed by atoms with van der Waals surface area (Å²) in [5.41, 5.74) is 30.3. The van der Waals surface area contributed by atoms with E-state index in [4.69, 9.17) is 0 Å². The van der Waals surface area contributed by atoms with Crippen molar-refractivity contribution in [3.05, 3.63) is 146 Å². The van der Waals surface area contributed by atoms with Crippen LogP contribution in [-0.4, -0.2) is 6.71 Å². The Kier molecular flexibility index (Phi) is 10.1. The van der Waals surface area contributed by atoms with Crippen LogP contribution in [0, 0.1) is 6.92 Å². The summed E-state index contributed by atoms with van der Waals surface area (Å²) in [7, 11) is 0. The summed E-state index contributed by atoms with van der Waals surface area (Å²) in [5.74, 6) is 0. The quantitative estimate of drug-likeness (QED) is 0.151. The summed E-state index contributed by atoms with van der Waals surface area (Å²) < 4.78 is 2.93. The highest BCUT2D eigenvalue weighted by Crippen LogP contribution is 2.60. The lowest BCUT2D eigenvalue weighted by atomic mass is 9.35. The molecule has 0 N–H and O–H groups in total. The maximum absolute atomic E-state index is 2.86. The van der Waals surface area contributed by atoms with E-state index < -0.39 is 0 Å². The van der Waals surface area contributed by atoms with Crippen molar-refractivity contribution < 1.29 is 0 Å². The minimum atomic E-state index is -0.148. The fourth-order valence-electron chi connectivity index (χ4n) is 16.7. The molecule has 7 aliphatic rings. The van der Waals surface area contributed by atoms with Crippen LogP contribution in [0.5, 0.6) is 0 Å². The van der Waals surface area contributed by atoms with Crippen LogP contribution in [0.25, 0.3) is 21.2 Å². The van der Waals surface area contributed by atoms with Gasteiger partial charge in [-0.3, -0.25) is 0 Å². The van der Waals surface area contributed by atoms with Crippen LogP contribution in [0.4, 0.5) is 34.1 Å². The molecule has 4 aliphatic carbocycles. The van der Waals surface area contributed by atoms with Gasteiger partial charge in [-0.15, -0.1) is 11.3 Å². The lowest BCUT2D eigenvalue weighted by molar-refractivity contribution is 0.332. The van der Waals surface area contributed by atoms with Gasteiger partial charge in [0.15, 0.2) is 0 Å². The average molecular weight is 1050 g/mol. The first kappa shape index (κ1) is 51.1. The fraction of sp³-hybridized carbons (Fsp3) is 0.486. The number of thiophene rings is 1. The molecule has 3 aliphatic heterocycles. The van der Waals surface area contributed by atoms with Crippen molar-refractivity contribution >= 4 is 78.0 Å². The highest BCUT2D eigenvalue weighted by molar-refractivity contribution is 7.33. The molecule has 4 heterocycles. The van der Waals surface area contributed by atoms with Gasteiger partial charge in [0.2, 0.25) is 0 Å². The number of rotatable bonds is 1. The molecule has 78 heavy (non-hydrogen) atoms. The lowest BCUT2D eigenvalue weighted by Crippen LogP contribution is -2.61. The van der Waals surface area contributed by atoms with Gasteiger partial charge in [-0.25, -0.2) is 0 Å². The first-order valence-corrected chi connectivity index (χ1v) is 31.1. The van der Waals surface area contributed by atoms with Crippen LogP contribution in [0.1, 0.15) is 237 Å². The maximum atomic E-state index is 2.86. The Morgan fingerprint density at radius 3 is 1.50 bits per heavy atom. The topological polar surface area (TPSA) is 6.48 Å². The van der Waals surface area contributed by atoms with E-state index in [2.05, 4.69) is 238 Å². The van der Waals surface area contributed by atoms with Gasteiger partial charge in [0, 0.05) is 48.6 Å². The number of nitrogens with zero attached hydrogens (tertiary/aromatic N) is 2. The van der Waals surface area contributed by atoms with Gasteiger partial charge < -0.3 is 9.80 Å². The van der Waals surface area contributed by atoms with E-state index >= 15 is 0 Å². The SMILES string of the molecule is Cc1cc2c(cc1N1c3cc(C(C)(C)C)cc4c3B(c3cc5c6cc3N4c3cc4c(cc3-c3cccc(c3)C6(C)CCC5(C)C)C(C)(C)CCC4(C)C)c3sc4cc5c(cc4c31)C(C)(C)CCC5(C)C)C(C)(C)CCC2(C)C. The van der Waals surface area contributed by atoms with Crippen molar-refractivity contribution in [1.82, 2.24) is 0 Å². The van der Waals surface area contributed by atoms with Crippen molar-refractivity contribution in [3.8, 4) is 11.1 Å². The molecule has 6 aromatic carbocycles. The molecular weight excluding hydrogens is 960 g/mol. The molecule has 14 rings (SSSR count). The summed E-state index contributed by atoms with van der Waals surface area (Å²) >= 11 is 2.12. The number of benzene rings is 6. The van der Waals surface area contributed by atoms with E-state index in [-0.39, 0.29) is 55.4 Å². The Morgan fingerprint density at radius 1 is 0.449 bits per heavy atom. The predicted octanol–water partition coefficient (Wildman–Crippen LogP) is 19.0. The molecule has 4 bridgehead atoms. The number of aryl methyl sites for hydroxylation is 1. The lowest BCUT2D eigenvalue weighted by Gasteiger charge is -2.49. The Hall–Kier alpha value is -5.06. The summed E-state index contributed by atoms with van der Waals surface area (Å²) in [6.45, 7) is 47.6. The first-order valence-electron chi connectivity index (χ1n) is 30.3. The van der Waals surface area contributed by atoms with E-state index in [9.17, 15) is 0 Å². The van der Waals surface area contributed by atoms with E-state index in [1.165, 1.54) is 160 Å². The van der Waals surface area contributed by atoms with Crippen LogP contribution >= 0.6 is 11.3 Å². The van der Waals surface area contributed by atoms with E-state index in [0.717, 1.165) is 12.8 Å². The van der Waals surface area contributed by atoms with E-state index in [0.29, 0.717) is 0 Å². The minimum absolute atomic E-state index is 0.00293. The highest BCUT2D eigenvalue weighted by atomic mass is 32.1. The van der Waals surface area contributed by atoms with Crippen molar-refractivity contribution in [1.29, 1.82) is 0 Å². The third-order valence-electron chi connectivity index (χ3n) is 22.6. The molecule has 4 heteroatoms. The van der Waals surface area contributed by atoms with Crippen molar-refractivity contribution in [3.63, 3.8) is 0 Å². The van der Waals surface area contributed by atoms with Crippen molar-refractivity contribution in [2.45, 2.75) is 232 Å². The third-order valence-corrected chi connectivity index (χ3v) is 23.8. The zero-order chi connectivity index (χ0) is 55.4. The van der Waals surface area contributed by atoms with E-state index in [1.54, 1.807) is 11.1 Å². The standard InChI is InChI=1S/C74H87BN2S/c1-42-31-48-52(70(11,12)26-23-67(48,5)6)38-57(42)77-61-34-45(66(2,3)4)33-60-63(61)75(65-64(77)47-36-50-54(41-62(47)78-65)72(15,16)28-25-69(50,9)10)56-37-51-55-40-59(56)76(60)58-39-53-49(68(7,8)24-27-71(53,13)14)35-46(58)43-21-20-22-44(32-43)74(55,19)30-29-73(51,17)18/h20-22,31-41H,23-30H2,1-19H3. The molecule has 7 aromatic rings. The van der Waals surface area contributed by atoms with Crippen molar-refractivity contribution in [2.24, 2.45) is 0 Å². The molecule has 1 unspecified atom stereocenters. The number of fused-ring (bicyclic) bond motifs is 15. The third kappa shape index (κ3) is 6.86. The molecule has 0 saturated heterocycles. The summed E-state index contributed by atoms with van der Waals surface area (Å²) in [5, 5.41) is 1.43. The Morgan fingerprint density at radius 2 is 0.923 bits per heavy atom. The summed E-state index contributed by atoms with van der Waals surface area (Å²) in [6, 6.07) is 36.9. The van der Waals surface area contributed by atoms with Gasteiger partial charge in [0.05, 0.1) is 11.4 Å². The van der Waals surface area contributed by atoms with Crippen LogP contribution < -0.4 is 25.5 Å². The maximum Gasteiger partial charge on any atom is 0.264 e. The van der Waals surface area contributed by atoms with Gasteiger partial charge in [-0.1, -0.05) is 161 Å². The second-order valence-corrected chi connectivity index (χ2v) is 33.2. The molecule has 1 aromatic heterocycles. The molecule has 0 amide bonds. The van der Waals surface area contributed by atoms with Crippen LogP contribution in [0.2, 0.25) is 0 Å². The van der Waals surface area contributed by atoms with Gasteiger partial charge >= 0.3 is 0 Å². The minimum Gasteiger partial charge on any atom is -0.311 e. The van der Waals surface area contributed by atoms with E-state index in [1.807, 2.05) is 0 Å². The van der Waals surface area contributed by atoms with Crippen LogP contribution in [0.3, 0.4) is 0 Å². The van der Waals surface area contributed by atoms with Gasteiger partial charge in [-0.05, 0) is 228 Å². The molecule has 0 saturated carbocycles. The largest absolute Gasteiger partial charge is 0.311 e. The average Bonchev–Trinajstić information content (AvgIpc) is 3.92. The Balaban J connectivity index is 1.18. The van der Waals surface area contributed by atoms with Gasteiger partial charge in [-0.2, -0.15) is 0 Å². The Bertz CT molecular complexity index is 3820. The fourth-order valence-corrected chi connectivity index (χ4v) is 18.0. The zero-order valence-electron chi connectivity index (χ0n) is 51.1. The summed E-state index contributed by atoms with van der Waals surface area (Å²) in [6.07, 6.45) is 9.40. The molecule has 0 spiro atoms. The monoisotopic (exact) mass is 1050 g/mol. The molecule has 1 atom stereocenters. The second kappa shape index (κ2) is 15.5. The molecule has 0 fully saturated rings. The normalized spacial score (nSPS) is 23.3. The molecular formula is C74H87BN2S. The van der Waals surface area contributed by atoms with Crippen molar-refractivity contribution in [2.75, 3.05) is 9.80 Å². The molecule has 2 nitrogen and oxygen atoms in total. The number of anilines is 6. The number of hydrogen-bond donors (Lipinski definition) is 0. The first-order chi connectivity index (χ1) is 36.2. The van der Waals surface area contributed by atoms with Gasteiger partial charge in [0.25, 0.3) is 6.71 Å². The highest BCUT2D eigenvalue weighted by Gasteiger charge is 2.52. The molecule has 0 radical (unpaired) electrons. The molecule has 402 valence electrons.